The molecule has 0 spiro atoms. The van der Waals surface area contributed by atoms with Crippen LogP contribution in [0.5, 0.6) is 0 Å². The van der Waals surface area contributed by atoms with Crippen molar-refractivity contribution in [3.63, 3.8) is 0 Å². The van der Waals surface area contributed by atoms with Gasteiger partial charge in [-0.3, -0.25) is 14.4 Å². The molecule has 3 aromatic carbocycles. The number of hydrogen-bond acceptors (Lipinski definition) is 3. The minimum Gasteiger partial charge on any atom is -0.326 e. The van der Waals surface area contributed by atoms with Gasteiger partial charge in [0.1, 0.15) is 15.8 Å². The Balaban J connectivity index is 1.51. The molecule has 0 aliphatic heterocycles. The van der Waals surface area contributed by atoms with Crippen LogP contribution in [0.15, 0.2) is 48.5 Å². The Hall–Kier alpha value is -2.62. The average molecular weight is 650 g/mol. The van der Waals surface area contributed by atoms with Gasteiger partial charge in [0.25, 0.3) is 5.91 Å². The number of nitrogens with one attached hydrogen (secondary N) is 3. The second-order valence-electron chi connectivity index (χ2n) is 9.37. The van der Waals surface area contributed by atoms with Gasteiger partial charge in [0.2, 0.25) is 11.8 Å². The molecule has 1 saturated carbocycles. The molecule has 3 amide bonds. The lowest BCUT2D eigenvalue weighted by atomic mass is 10.1. The number of carbonyl (C=O) groups excluding carboxylic acids is 3. The summed E-state index contributed by atoms with van der Waals surface area (Å²) in [6, 6.07) is 10.8. The van der Waals surface area contributed by atoms with Gasteiger partial charge in [0.15, 0.2) is 5.82 Å². The van der Waals surface area contributed by atoms with Gasteiger partial charge < -0.3 is 16.0 Å². The van der Waals surface area contributed by atoms with Crippen LogP contribution in [0.4, 0.5) is 25.8 Å². The minimum atomic E-state index is -1.41. The van der Waals surface area contributed by atoms with Gasteiger partial charge in [0, 0.05) is 17.5 Å². The Morgan fingerprint density at radius 2 is 1.52 bits per heavy atom. The fourth-order valence-corrected chi connectivity index (χ4v) is 5.33. The average Bonchev–Trinajstić information content (AvgIpc) is 3.47. The zero-order chi connectivity index (χ0) is 29.5. The molecular weight excluding hydrogens is 630 g/mol. The van der Waals surface area contributed by atoms with Crippen molar-refractivity contribution in [1.29, 1.82) is 0 Å². The molecule has 1 fully saturated rings. The third-order valence-corrected chi connectivity index (χ3v) is 8.24. The molecule has 40 heavy (non-hydrogen) atoms. The van der Waals surface area contributed by atoms with E-state index in [1.54, 1.807) is 32.0 Å². The van der Waals surface area contributed by atoms with Gasteiger partial charge in [-0.1, -0.05) is 54.7 Å². The summed E-state index contributed by atoms with van der Waals surface area (Å²) in [5.74, 6) is -6.11. The van der Waals surface area contributed by atoms with Crippen molar-refractivity contribution in [2.24, 2.45) is 11.8 Å². The molecule has 4 rings (SSSR count). The number of hydrogen-bond donors (Lipinski definition) is 3. The van der Waals surface area contributed by atoms with Crippen LogP contribution in [0.2, 0.25) is 15.1 Å². The fourth-order valence-electron chi connectivity index (χ4n) is 3.99. The molecule has 210 valence electrons. The van der Waals surface area contributed by atoms with Gasteiger partial charge in [-0.25, -0.2) is 8.78 Å². The number of amides is 3. The van der Waals surface area contributed by atoms with E-state index < -0.39 is 62.8 Å². The van der Waals surface area contributed by atoms with Crippen LogP contribution in [0.3, 0.4) is 0 Å². The first-order valence-corrected chi connectivity index (χ1v) is 13.6. The lowest BCUT2D eigenvalue weighted by Crippen LogP contribution is -2.21. The summed E-state index contributed by atoms with van der Waals surface area (Å²) >= 11 is 31.0. The van der Waals surface area contributed by atoms with E-state index in [1.807, 2.05) is 0 Å². The summed E-state index contributed by atoms with van der Waals surface area (Å²) in [7, 11) is 0. The van der Waals surface area contributed by atoms with Gasteiger partial charge in [0.05, 0.1) is 32.2 Å². The normalized spacial score (nSPS) is 17.4. The molecule has 6 nitrogen and oxygen atoms in total. The minimum absolute atomic E-state index is 0.00417. The predicted molar refractivity (Wildman–Crippen MR) is 155 cm³/mol. The van der Waals surface area contributed by atoms with Crippen LogP contribution in [-0.2, 0) is 9.59 Å². The van der Waals surface area contributed by atoms with E-state index in [0.29, 0.717) is 10.6 Å². The predicted octanol–water partition coefficient (Wildman–Crippen LogP) is 8.30. The summed E-state index contributed by atoms with van der Waals surface area (Å²) < 4.78 is 27.8. The molecule has 0 aromatic heterocycles. The van der Waals surface area contributed by atoms with E-state index in [4.69, 9.17) is 58.0 Å². The molecule has 0 saturated heterocycles. The van der Waals surface area contributed by atoms with Crippen molar-refractivity contribution in [2.45, 2.75) is 24.1 Å². The summed E-state index contributed by atoms with van der Waals surface area (Å²) in [6.45, 7) is 3.11. The summed E-state index contributed by atoms with van der Waals surface area (Å²) in [5.41, 5.74) is -0.396. The molecular formula is C27H20Cl5F2N3O3. The third-order valence-electron chi connectivity index (χ3n) is 6.23. The Morgan fingerprint density at radius 1 is 0.850 bits per heavy atom. The maximum Gasteiger partial charge on any atom is 0.257 e. The fraction of sp³-hybridized carbons (Fsp3) is 0.222. The van der Waals surface area contributed by atoms with Gasteiger partial charge in [-0.15, -0.1) is 23.2 Å². The lowest BCUT2D eigenvalue weighted by Gasteiger charge is -2.14. The number of alkyl halides is 2. The highest BCUT2D eigenvalue weighted by atomic mass is 35.5. The second-order valence-corrected chi connectivity index (χ2v) is 12.0. The number of benzene rings is 3. The monoisotopic (exact) mass is 647 g/mol. The van der Waals surface area contributed by atoms with Crippen LogP contribution in [0, 0.1) is 23.5 Å². The molecule has 1 aliphatic carbocycles. The van der Waals surface area contributed by atoms with E-state index in [9.17, 15) is 23.2 Å². The van der Waals surface area contributed by atoms with Crippen LogP contribution < -0.4 is 16.0 Å². The van der Waals surface area contributed by atoms with Crippen molar-refractivity contribution in [1.82, 2.24) is 0 Å². The first kappa shape index (κ1) is 30.3. The van der Waals surface area contributed by atoms with Crippen LogP contribution in [0.1, 0.15) is 35.7 Å². The smallest absolute Gasteiger partial charge is 0.257 e. The summed E-state index contributed by atoms with van der Waals surface area (Å²) in [5, 5.41) is 7.75. The number of carbonyl (C=O) groups is 3. The first-order valence-electron chi connectivity index (χ1n) is 11.8. The molecule has 0 bridgehead atoms. The highest BCUT2D eigenvalue weighted by Crippen LogP contribution is 2.65. The van der Waals surface area contributed by atoms with E-state index in [1.165, 1.54) is 18.2 Å². The number of halogens is 7. The zero-order valence-corrected chi connectivity index (χ0v) is 24.5. The SMILES string of the molecule is CC(C)C(=O)Nc1c(F)ccc(NC(=O)c2cc(NC(=O)[C@H]3[C@H](c4ccc(Cl)c(Cl)c4)C3(Cl)Cl)ccc2Cl)c1F. The summed E-state index contributed by atoms with van der Waals surface area (Å²) in [4.78, 5) is 38.0. The van der Waals surface area contributed by atoms with E-state index in [-0.39, 0.29) is 21.3 Å². The molecule has 3 N–H and O–H groups in total. The van der Waals surface area contributed by atoms with Crippen molar-refractivity contribution in [2.75, 3.05) is 16.0 Å². The third kappa shape index (κ3) is 6.16. The molecule has 2 atom stereocenters. The largest absolute Gasteiger partial charge is 0.326 e. The van der Waals surface area contributed by atoms with Gasteiger partial charge in [-0.05, 0) is 48.0 Å². The Morgan fingerprint density at radius 3 is 2.17 bits per heavy atom. The van der Waals surface area contributed by atoms with E-state index in [0.717, 1.165) is 12.1 Å². The summed E-state index contributed by atoms with van der Waals surface area (Å²) in [6.07, 6.45) is 0. The Bertz CT molecular complexity index is 1530. The highest BCUT2D eigenvalue weighted by molar-refractivity contribution is 6.53. The molecule has 13 heteroatoms. The molecule has 1 aliphatic rings. The molecule has 3 aromatic rings. The topological polar surface area (TPSA) is 87.3 Å². The lowest BCUT2D eigenvalue weighted by molar-refractivity contribution is -0.119. The van der Waals surface area contributed by atoms with E-state index in [2.05, 4.69) is 16.0 Å². The van der Waals surface area contributed by atoms with Crippen molar-refractivity contribution >= 4 is 92.8 Å². The highest BCUT2D eigenvalue weighted by Gasteiger charge is 2.67. The van der Waals surface area contributed by atoms with Crippen molar-refractivity contribution < 1.29 is 23.2 Å². The Kier molecular flexibility index (Phi) is 8.88. The van der Waals surface area contributed by atoms with Gasteiger partial charge in [-0.2, -0.15) is 0 Å². The first-order chi connectivity index (χ1) is 18.7. The maximum atomic E-state index is 15.0. The van der Waals surface area contributed by atoms with Crippen LogP contribution in [0.25, 0.3) is 0 Å². The quantitative estimate of drug-likeness (QED) is 0.225. The Labute approximate surface area is 253 Å². The second kappa shape index (κ2) is 11.7. The van der Waals surface area contributed by atoms with Gasteiger partial charge >= 0.3 is 0 Å². The van der Waals surface area contributed by atoms with Crippen molar-refractivity contribution in [3.05, 3.63) is 86.4 Å². The number of rotatable bonds is 7. The molecule has 0 unspecified atom stereocenters. The van der Waals surface area contributed by atoms with Crippen molar-refractivity contribution in [3.8, 4) is 0 Å². The molecule has 0 radical (unpaired) electrons. The van der Waals surface area contributed by atoms with Crippen LogP contribution >= 0.6 is 58.0 Å². The molecule has 0 heterocycles. The standard InChI is InChI=1S/C27H20Cl5F2N3O3/c1-11(2)24(38)37-23-18(33)7-8-19(22(23)34)36-25(39)14-10-13(4-6-15(14)28)35-26(40)21-20(27(21,31)32)12-3-5-16(29)17(30)9-12/h3-11,20-21H,1-2H3,(H,35,40)(H,36,39)(H,37,38)/t20-,21+/m0/s1. The van der Waals surface area contributed by atoms with Crippen LogP contribution in [-0.4, -0.2) is 22.1 Å². The number of anilines is 3. The maximum absolute atomic E-state index is 15.0. The van der Waals surface area contributed by atoms with E-state index >= 15 is 0 Å². The zero-order valence-electron chi connectivity index (χ0n) is 20.7.